The molecule has 150 valence electrons. The molecule has 2 aromatic rings. The first kappa shape index (κ1) is 20.3. The summed E-state index contributed by atoms with van der Waals surface area (Å²) in [6.45, 7) is 1.06. The first-order valence-electron chi connectivity index (χ1n) is 9.12. The lowest BCUT2D eigenvalue weighted by Gasteiger charge is -2.25. The fourth-order valence-corrected chi connectivity index (χ4v) is 4.64. The zero-order chi connectivity index (χ0) is 20.1. The largest absolute Gasteiger partial charge is 0.494 e. The van der Waals surface area contributed by atoms with Gasteiger partial charge in [0.15, 0.2) is 17.3 Å². The summed E-state index contributed by atoms with van der Waals surface area (Å²) >= 11 is 0. The normalized spacial score (nSPS) is 15.2. The molecule has 0 unspecified atom stereocenters. The summed E-state index contributed by atoms with van der Waals surface area (Å²) < 4.78 is 45.4. The van der Waals surface area contributed by atoms with Gasteiger partial charge in [-0.15, -0.1) is 0 Å². The van der Waals surface area contributed by atoms with Gasteiger partial charge in [0.1, 0.15) is 0 Å². The number of piperidine rings is 1. The van der Waals surface area contributed by atoms with Crippen LogP contribution in [-0.2, 0) is 10.0 Å². The average molecular weight is 406 g/mol. The van der Waals surface area contributed by atoms with Crippen LogP contribution in [0.25, 0.3) is 0 Å². The Morgan fingerprint density at radius 2 is 1.79 bits per heavy atom. The number of methoxy groups -OCH3 is 1. The summed E-state index contributed by atoms with van der Waals surface area (Å²) in [5.74, 6) is -0.804. The predicted octanol–water partition coefficient (Wildman–Crippen LogP) is 3.30. The van der Waals surface area contributed by atoms with Gasteiger partial charge in [-0.2, -0.15) is 4.31 Å². The van der Waals surface area contributed by atoms with E-state index in [1.165, 1.54) is 35.7 Å². The van der Waals surface area contributed by atoms with Crippen molar-refractivity contribution in [1.29, 1.82) is 0 Å². The Kier molecular flexibility index (Phi) is 6.31. The topological polar surface area (TPSA) is 75.7 Å². The first-order valence-corrected chi connectivity index (χ1v) is 10.6. The number of hydrogen-bond acceptors (Lipinski definition) is 5. The quantitative estimate of drug-likeness (QED) is 0.714. The van der Waals surface area contributed by atoms with Crippen molar-refractivity contribution >= 4 is 21.5 Å². The Balaban J connectivity index is 1.63. The summed E-state index contributed by atoms with van der Waals surface area (Å²) in [6.07, 6.45) is 2.82. The molecule has 0 spiro atoms. The van der Waals surface area contributed by atoms with Crippen molar-refractivity contribution in [1.82, 2.24) is 4.31 Å². The molecule has 8 heteroatoms. The van der Waals surface area contributed by atoms with Gasteiger partial charge >= 0.3 is 0 Å². The molecule has 1 N–H and O–H groups in total. The van der Waals surface area contributed by atoms with Crippen LogP contribution in [-0.4, -0.2) is 45.3 Å². The fraction of sp³-hybridized carbons (Fsp3) is 0.350. The Bertz CT molecular complexity index is 939. The van der Waals surface area contributed by atoms with E-state index >= 15 is 0 Å². The summed E-state index contributed by atoms with van der Waals surface area (Å²) in [5, 5.41) is 2.94. The van der Waals surface area contributed by atoms with Gasteiger partial charge in [0.2, 0.25) is 10.0 Å². The molecule has 6 nitrogen and oxygen atoms in total. The predicted molar refractivity (Wildman–Crippen MR) is 105 cm³/mol. The van der Waals surface area contributed by atoms with E-state index in [1.807, 2.05) is 0 Å². The third-order valence-corrected chi connectivity index (χ3v) is 6.65. The lowest BCUT2D eigenvalue weighted by atomic mass is 10.1. The minimum atomic E-state index is -3.48. The van der Waals surface area contributed by atoms with Crippen LogP contribution in [0.1, 0.15) is 29.6 Å². The molecule has 0 amide bonds. The smallest absolute Gasteiger partial charge is 0.243 e. The van der Waals surface area contributed by atoms with E-state index in [0.29, 0.717) is 18.8 Å². The van der Waals surface area contributed by atoms with Gasteiger partial charge in [-0.05, 0) is 55.3 Å². The molecule has 2 aromatic carbocycles. The van der Waals surface area contributed by atoms with Crippen LogP contribution in [0, 0.1) is 5.82 Å². The molecule has 0 radical (unpaired) electrons. The molecule has 28 heavy (non-hydrogen) atoms. The van der Waals surface area contributed by atoms with E-state index in [0.717, 1.165) is 25.3 Å². The molecular weight excluding hydrogens is 383 g/mol. The molecule has 1 aliphatic rings. The summed E-state index contributed by atoms with van der Waals surface area (Å²) in [4.78, 5) is 12.5. The fourth-order valence-electron chi connectivity index (χ4n) is 3.12. The zero-order valence-corrected chi connectivity index (χ0v) is 16.5. The SMILES string of the molecule is COc1ccc(C(=O)CNc2ccc(S(=O)(=O)N3CCCCC3)cc2)cc1F. The molecule has 1 aliphatic heterocycles. The van der Waals surface area contributed by atoms with Crippen molar-refractivity contribution < 1.29 is 22.3 Å². The van der Waals surface area contributed by atoms with Crippen molar-refractivity contribution in [2.75, 3.05) is 32.1 Å². The molecule has 1 saturated heterocycles. The monoisotopic (exact) mass is 406 g/mol. The highest BCUT2D eigenvalue weighted by Gasteiger charge is 2.25. The van der Waals surface area contributed by atoms with Gasteiger partial charge in [0.25, 0.3) is 0 Å². The van der Waals surface area contributed by atoms with Gasteiger partial charge in [0, 0.05) is 24.3 Å². The molecule has 1 fully saturated rings. The van der Waals surface area contributed by atoms with E-state index in [-0.39, 0.29) is 28.5 Å². The highest BCUT2D eigenvalue weighted by molar-refractivity contribution is 7.89. The van der Waals surface area contributed by atoms with E-state index in [9.17, 15) is 17.6 Å². The van der Waals surface area contributed by atoms with E-state index < -0.39 is 15.8 Å². The second kappa shape index (κ2) is 8.70. The number of nitrogens with zero attached hydrogens (tertiary/aromatic N) is 1. The number of halogens is 1. The van der Waals surface area contributed by atoms with Crippen molar-refractivity contribution in [3.63, 3.8) is 0 Å². The molecule has 0 aromatic heterocycles. The lowest BCUT2D eigenvalue weighted by Crippen LogP contribution is -2.35. The molecule has 0 aliphatic carbocycles. The number of ketones is 1. The van der Waals surface area contributed by atoms with E-state index in [1.54, 1.807) is 12.1 Å². The van der Waals surface area contributed by atoms with Gasteiger partial charge in [-0.1, -0.05) is 6.42 Å². The average Bonchev–Trinajstić information content (AvgIpc) is 2.73. The van der Waals surface area contributed by atoms with Crippen molar-refractivity contribution in [2.45, 2.75) is 24.2 Å². The number of ether oxygens (including phenoxy) is 1. The molecule has 1 heterocycles. The lowest BCUT2D eigenvalue weighted by molar-refractivity contribution is 0.101. The second-order valence-electron chi connectivity index (χ2n) is 6.62. The maximum absolute atomic E-state index is 13.7. The number of benzene rings is 2. The molecule has 0 saturated carbocycles. The molecule has 0 atom stereocenters. The summed E-state index contributed by atoms with van der Waals surface area (Å²) in [5.41, 5.74) is 0.843. The number of sulfonamides is 1. The van der Waals surface area contributed by atoms with Crippen LogP contribution < -0.4 is 10.1 Å². The highest BCUT2D eigenvalue weighted by atomic mass is 32.2. The van der Waals surface area contributed by atoms with Gasteiger partial charge in [-0.25, -0.2) is 12.8 Å². The highest BCUT2D eigenvalue weighted by Crippen LogP contribution is 2.22. The zero-order valence-electron chi connectivity index (χ0n) is 15.7. The molecular formula is C20H23FN2O4S. The Morgan fingerprint density at radius 1 is 1.11 bits per heavy atom. The van der Waals surface area contributed by atoms with Crippen LogP contribution in [0.5, 0.6) is 5.75 Å². The van der Waals surface area contributed by atoms with Gasteiger partial charge < -0.3 is 10.1 Å². The van der Waals surface area contributed by atoms with Gasteiger partial charge in [-0.3, -0.25) is 4.79 Å². The molecule has 3 rings (SSSR count). The van der Waals surface area contributed by atoms with Crippen molar-refractivity contribution in [2.24, 2.45) is 0 Å². The number of rotatable bonds is 7. The Morgan fingerprint density at radius 3 is 2.39 bits per heavy atom. The Labute approximate surface area is 164 Å². The molecule has 0 bridgehead atoms. The third kappa shape index (κ3) is 4.51. The number of carbonyl (C=O) groups is 1. The minimum absolute atomic E-state index is 0.0377. The Hall–Kier alpha value is -2.45. The number of carbonyl (C=O) groups excluding carboxylic acids is 1. The summed E-state index contributed by atoms with van der Waals surface area (Å²) in [6, 6.07) is 10.4. The van der Waals surface area contributed by atoms with Gasteiger partial charge in [0.05, 0.1) is 18.6 Å². The van der Waals surface area contributed by atoms with Crippen molar-refractivity contribution in [3.8, 4) is 5.75 Å². The maximum Gasteiger partial charge on any atom is 0.243 e. The van der Waals surface area contributed by atoms with Crippen LogP contribution in [0.4, 0.5) is 10.1 Å². The van der Waals surface area contributed by atoms with Crippen molar-refractivity contribution in [3.05, 3.63) is 53.8 Å². The first-order chi connectivity index (χ1) is 13.4. The van der Waals surface area contributed by atoms with Crippen LogP contribution in [0.3, 0.4) is 0 Å². The standard InChI is InChI=1S/C20H23FN2O4S/c1-27-20-10-5-15(13-18(20)21)19(24)14-22-16-6-8-17(9-7-16)28(25,26)23-11-3-2-4-12-23/h5-10,13,22H,2-4,11-12,14H2,1H3. The second-order valence-corrected chi connectivity index (χ2v) is 8.55. The number of hydrogen-bond donors (Lipinski definition) is 1. The maximum atomic E-state index is 13.7. The number of nitrogens with one attached hydrogen (secondary N) is 1. The number of anilines is 1. The summed E-state index contributed by atoms with van der Waals surface area (Å²) in [7, 11) is -2.12. The third-order valence-electron chi connectivity index (χ3n) is 4.73. The number of Topliss-reactive ketones (excluding diaryl/α,β-unsaturated/α-hetero) is 1. The van der Waals surface area contributed by atoms with Crippen LogP contribution in [0.15, 0.2) is 47.4 Å². The minimum Gasteiger partial charge on any atom is -0.494 e. The van der Waals surface area contributed by atoms with Crippen LogP contribution in [0.2, 0.25) is 0 Å². The van der Waals surface area contributed by atoms with Crippen LogP contribution >= 0.6 is 0 Å². The van der Waals surface area contributed by atoms with E-state index in [2.05, 4.69) is 5.32 Å². The van der Waals surface area contributed by atoms with E-state index in [4.69, 9.17) is 4.74 Å².